The van der Waals surface area contributed by atoms with Crippen LogP contribution in [0.3, 0.4) is 0 Å². The maximum atomic E-state index is 11.8. The van der Waals surface area contributed by atoms with Crippen molar-refractivity contribution in [3.63, 3.8) is 0 Å². The van der Waals surface area contributed by atoms with Gasteiger partial charge >= 0.3 is 10.8 Å². The molecule has 0 saturated carbocycles. The van der Waals surface area contributed by atoms with Gasteiger partial charge in [0, 0.05) is 28.4 Å². The molecule has 4 nitrogen and oxygen atoms in total. The Bertz CT molecular complexity index is 647. The summed E-state index contributed by atoms with van der Waals surface area (Å²) in [4.78, 5) is 22.3. The number of carboxylic acids is 1. The molecule has 0 radical (unpaired) electrons. The third-order valence-electron chi connectivity index (χ3n) is 2.70. The first-order valence-corrected chi connectivity index (χ1v) is 7.42. The van der Waals surface area contributed by atoms with Crippen molar-refractivity contribution in [1.82, 2.24) is 4.57 Å². The fraction of sp³-hybridized carbons (Fsp3) is 0.231. The molecule has 0 fully saturated rings. The smallest absolute Gasteiger partial charge is 0.307 e. The van der Waals surface area contributed by atoms with Crippen LogP contribution in [0.1, 0.15) is 12.8 Å². The lowest BCUT2D eigenvalue weighted by atomic mass is 10.1. The second kappa shape index (κ2) is 6.16. The number of thiazole rings is 1. The standard InChI is InChI=1S/C13H12BrNO3S/c14-10-5-2-1-4-9(10)11-8-19-13(18)15(11)7-3-6-12(16)17/h1-2,4-5,8H,3,6-7H2,(H,16,17). The van der Waals surface area contributed by atoms with Gasteiger partial charge in [-0.25, -0.2) is 0 Å². The normalized spacial score (nSPS) is 10.6. The highest BCUT2D eigenvalue weighted by Crippen LogP contribution is 2.28. The van der Waals surface area contributed by atoms with E-state index in [-0.39, 0.29) is 11.3 Å². The van der Waals surface area contributed by atoms with Gasteiger partial charge in [0.05, 0.1) is 5.69 Å². The summed E-state index contributed by atoms with van der Waals surface area (Å²) in [7, 11) is 0. The minimum Gasteiger partial charge on any atom is -0.481 e. The second-order valence-corrected chi connectivity index (χ2v) is 5.69. The third-order valence-corrected chi connectivity index (χ3v) is 4.16. The topological polar surface area (TPSA) is 59.3 Å². The lowest BCUT2D eigenvalue weighted by Gasteiger charge is -2.08. The molecule has 2 rings (SSSR count). The minimum absolute atomic E-state index is 0.0591. The zero-order valence-electron chi connectivity index (χ0n) is 10.0. The van der Waals surface area contributed by atoms with Crippen molar-refractivity contribution in [3.05, 3.63) is 43.8 Å². The Hall–Kier alpha value is -1.40. The molecule has 1 aromatic heterocycles. The first-order chi connectivity index (χ1) is 9.09. The largest absolute Gasteiger partial charge is 0.481 e. The van der Waals surface area contributed by atoms with Crippen LogP contribution >= 0.6 is 27.3 Å². The number of rotatable bonds is 5. The van der Waals surface area contributed by atoms with Gasteiger partial charge in [-0.1, -0.05) is 45.5 Å². The van der Waals surface area contributed by atoms with E-state index in [1.165, 1.54) is 0 Å². The molecule has 1 N–H and O–H groups in total. The van der Waals surface area contributed by atoms with Crippen molar-refractivity contribution in [3.8, 4) is 11.3 Å². The summed E-state index contributed by atoms with van der Waals surface area (Å²) in [5, 5.41) is 10.5. The molecule has 0 unspecified atom stereocenters. The molecule has 19 heavy (non-hydrogen) atoms. The molecular formula is C13H12BrNO3S. The van der Waals surface area contributed by atoms with Crippen molar-refractivity contribution >= 4 is 33.2 Å². The molecule has 0 spiro atoms. The van der Waals surface area contributed by atoms with E-state index in [9.17, 15) is 9.59 Å². The van der Waals surface area contributed by atoms with Crippen LogP contribution < -0.4 is 4.87 Å². The molecule has 0 bridgehead atoms. The van der Waals surface area contributed by atoms with Crippen molar-refractivity contribution in [1.29, 1.82) is 0 Å². The Morgan fingerprint density at radius 3 is 2.79 bits per heavy atom. The van der Waals surface area contributed by atoms with Gasteiger partial charge in [0.25, 0.3) is 0 Å². The van der Waals surface area contributed by atoms with Crippen molar-refractivity contribution in [2.24, 2.45) is 0 Å². The Kier molecular flexibility index (Phi) is 4.55. The van der Waals surface area contributed by atoms with E-state index in [1.807, 2.05) is 29.6 Å². The van der Waals surface area contributed by atoms with Crippen molar-refractivity contribution in [2.75, 3.05) is 0 Å². The number of aliphatic carboxylic acids is 1. The number of nitrogens with zero attached hydrogens (tertiary/aromatic N) is 1. The molecule has 0 amide bonds. The fourth-order valence-electron chi connectivity index (χ4n) is 1.81. The van der Waals surface area contributed by atoms with E-state index < -0.39 is 5.97 Å². The van der Waals surface area contributed by atoms with E-state index in [2.05, 4.69) is 15.9 Å². The minimum atomic E-state index is -0.842. The quantitative estimate of drug-likeness (QED) is 0.908. The van der Waals surface area contributed by atoms with Gasteiger partial charge in [0.1, 0.15) is 0 Å². The summed E-state index contributed by atoms with van der Waals surface area (Å²) in [6, 6.07) is 7.66. The van der Waals surface area contributed by atoms with Crippen molar-refractivity contribution < 1.29 is 9.90 Å². The molecule has 100 valence electrons. The van der Waals surface area contributed by atoms with Crippen LogP contribution in [0.2, 0.25) is 0 Å². The van der Waals surface area contributed by atoms with E-state index in [4.69, 9.17) is 5.11 Å². The Labute approximate surface area is 122 Å². The maximum Gasteiger partial charge on any atom is 0.307 e. The number of benzene rings is 1. The number of halogens is 1. The highest BCUT2D eigenvalue weighted by Gasteiger charge is 2.11. The predicted molar refractivity (Wildman–Crippen MR) is 78.6 cm³/mol. The van der Waals surface area contributed by atoms with E-state index in [0.29, 0.717) is 13.0 Å². The van der Waals surface area contributed by atoms with Crippen LogP contribution in [-0.4, -0.2) is 15.6 Å². The van der Waals surface area contributed by atoms with Crippen LogP contribution in [0.4, 0.5) is 0 Å². The zero-order chi connectivity index (χ0) is 13.8. The lowest BCUT2D eigenvalue weighted by Crippen LogP contribution is -2.15. The first kappa shape index (κ1) is 14.0. The van der Waals surface area contributed by atoms with Gasteiger partial charge in [-0.3, -0.25) is 14.2 Å². The third kappa shape index (κ3) is 3.33. The number of hydrogen-bond acceptors (Lipinski definition) is 3. The van der Waals surface area contributed by atoms with Crippen molar-refractivity contribution in [2.45, 2.75) is 19.4 Å². The molecular weight excluding hydrogens is 330 g/mol. The van der Waals surface area contributed by atoms with Crippen LogP contribution in [0.25, 0.3) is 11.3 Å². The molecule has 1 aromatic carbocycles. The zero-order valence-corrected chi connectivity index (χ0v) is 12.4. The number of carboxylic acid groups (broad SMARTS) is 1. The van der Waals surface area contributed by atoms with Crippen LogP contribution in [-0.2, 0) is 11.3 Å². The summed E-state index contributed by atoms with van der Waals surface area (Å²) in [5.41, 5.74) is 1.77. The van der Waals surface area contributed by atoms with E-state index in [0.717, 1.165) is 27.1 Å². The average Bonchev–Trinajstić information content (AvgIpc) is 2.72. The Balaban J connectivity index is 2.30. The van der Waals surface area contributed by atoms with Crippen LogP contribution in [0.15, 0.2) is 38.9 Å². The SMILES string of the molecule is O=C(O)CCCn1c(-c2ccccc2Br)csc1=O. The summed E-state index contributed by atoms with van der Waals surface area (Å²) in [6.45, 7) is 0.422. The predicted octanol–water partition coefficient (Wildman–Crippen LogP) is 3.20. The molecule has 0 aliphatic rings. The summed E-state index contributed by atoms with van der Waals surface area (Å²) >= 11 is 4.60. The number of aromatic nitrogens is 1. The second-order valence-electron chi connectivity index (χ2n) is 4.02. The number of carbonyl (C=O) groups is 1. The van der Waals surface area contributed by atoms with Gasteiger partial charge in [-0.05, 0) is 12.5 Å². The Morgan fingerprint density at radius 1 is 1.37 bits per heavy atom. The summed E-state index contributed by atoms with van der Waals surface area (Å²) in [6.07, 6.45) is 0.515. The molecule has 0 aliphatic heterocycles. The maximum absolute atomic E-state index is 11.8. The van der Waals surface area contributed by atoms with Gasteiger partial charge in [-0.2, -0.15) is 0 Å². The average molecular weight is 342 g/mol. The monoisotopic (exact) mass is 341 g/mol. The highest BCUT2D eigenvalue weighted by atomic mass is 79.9. The van der Waals surface area contributed by atoms with Crippen LogP contribution in [0.5, 0.6) is 0 Å². The Morgan fingerprint density at radius 2 is 2.11 bits per heavy atom. The number of hydrogen-bond donors (Lipinski definition) is 1. The molecule has 0 saturated heterocycles. The molecule has 2 aromatic rings. The van der Waals surface area contributed by atoms with Gasteiger partial charge in [0.15, 0.2) is 0 Å². The van der Waals surface area contributed by atoms with Crippen LogP contribution in [0, 0.1) is 0 Å². The summed E-state index contributed by atoms with van der Waals surface area (Å²) < 4.78 is 2.55. The molecule has 1 heterocycles. The highest BCUT2D eigenvalue weighted by molar-refractivity contribution is 9.10. The van der Waals surface area contributed by atoms with E-state index >= 15 is 0 Å². The van der Waals surface area contributed by atoms with Gasteiger partial charge < -0.3 is 5.11 Å². The molecule has 0 aliphatic carbocycles. The molecule has 0 atom stereocenters. The van der Waals surface area contributed by atoms with E-state index in [1.54, 1.807) is 4.57 Å². The first-order valence-electron chi connectivity index (χ1n) is 5.74. The summed E-state index contributed by atoms with van der Waals surface area (Å²) in [5.74, 6) is -0.842. The molecule has 6 heteroatoms. The van der Waals surface area contributed by atoms with Gasteiger partial charge in [-0.15, -0.1) is 0 Å². The van der Waals surface area contributed by atoms with Gasteiger partial charge in [0.2, 0.25) is 0 Å². The lowest BCUT2D eigenvalue weighted by molar-refractivity contribution is -0.137. The fourth-order valence-corrected chi connectivity index (χ4v) is 3.08.